The average molecular weight is 1150 g/mol. The number of Topliss-reactive ketones (excluding diaryl/α,β-unsaturated/α-hetero) is 1. The van der Waals surface area contributed by atoms with Crippen molar-refractivity contribution in [3.05, 3.63) is 72.1 Å². The third-order valence-corrected chi connectivity index (χ3v) is 15.0. The molecule has 1 saturated heterocycles. The molecule has 5 rings (SSSR count). The number of aliphatic carboxylic acids is 2. The molecule has 1 unspecified atom stereocenters. The molecular weight excluding hydrogens is 1060 g/mol. The van der Waals surface area contributed by atoms with E-state index in [1.807, 2.05) is 74.2 Å². The first-order valence-corrected chi connectivity index (χ1v) is 27.8. The molecule has 2 fully saturated rings. The highest BCUT2D eigenvalue weighted by Crippen LogP contribution is 2.31. The van der Waals surface area contributed by atoms with Crippen molar-refractivity contribution in [3.63, 3.8) is 0 Å². The van der Waals surface area contributed by atoms with Crippen molar-refractivity contribution in [3.8, 4) is 0 Å². The number of thiocarbonyl (C=S) groups is 1. The number of amides is 7. The lowest BCUT2D eigenvalue weighted by molar-refractivity contribution is -0.140. The van der Waals surface area contributed by atoms with Gasteiger partial charge in [-0.25, -0.2) is 9.59 Å². The molecule has 2 aromatic carbocycles. The zero-order valence-electron chi connectivity index (χ0n) is 46.1. The minimum Gasteiger partial charge on any atom is -0.481 e. The smallest absolute Gasteiger partial charge is 0.326 e. The van der Waals surface area contributed by atoms with Gasteiger partial charge in [0.05, 0.1) is 44.5 Å². The van der Waals surface area contributed by atoms with Crippen molar-refractivity contribution in [2.75, 3.05) is 90.4 Å². The normalized spacial score (nSPS) is 18.7. The van der Waals surface area contributed by atoms with Crippen LogP contribution in [0.1, 0.15) is 76.0 Å². The molecule has 26 heteroatoms. The fraction of sp³-hybridized carbons (Fsp3) is 0.545. The van der Waals surface area contributed by atoms with Gasteiger partial charge in [-0.1, -0.05) is 36.4 Å². The van der Waals surface area contributed by atoms with Gasteiger partial charge in [-0.3, -0.25) is 58.1 Å². The van der Waals surface area contributed by atoms with E-state index in [0.717, 1.165) is 40.6 Å². The molecule has 0 bridgehead atoms. The molecule has 7 amide bonds. The Labute approximate surface area is 477 Å². The van der Waals surface area contributed by atoms with E-state index < -0.39 is 59.5 Å². The van der Waals surface area contributed by atoms with Gasteiger partial charge < -0.3 is 59.3 Å². The Bertz CT molecular complexity index is 2650. The molecular formula is C55H80N14O11S. The van der Waals surface area contributed by atoms with Gasteiger partial charge >= 0.3 is 18.0 Å². The van der Waals surface area contributed by atoms with Crippen LogP contribution in [0.4, 0.5) is 10.5 Å². The molecule has 1 saturated carbocycles. The van der Waals surface area contributed by atoms with Gasteiger partial charge in [0.2, 0.25) is 29.5 Å². The van der Waals surface area contributed by atoms with Gasteiger partial charge in [0.15, 0.2) is 10.9 Å². The highest BCUT2D eigenvalue weighted by Gasteiger charge is 2.32. The maximum atomic E-state index is 14.4. The number of nitrogens with one attached hydrogen (secondary N) is 4. The number of nitrogens with two attached hydrogens (primary N) is 4. The number of primary amides is 4. The number of hydrogen-bond donors (Lipinski definition) is 10. The Morgan fingerprint density at radius 3 is 1.91 bits per heavy atom. The first kappa shape index (κ1) is 64.4. The highest BCUT2D eigenvalue weighted by atomic mass is 32.1. The van der Waals surface area contributed by atoms with E-state index in [0.29, 0.717) is 96.1 Å². The number of rotatable bonds is 28. The quantitative estimate of drug-likeness (QED) is 0.0342. The molecule has 1 aromatic heterocycles. The van der Waals surface area contributed by atoms with E-state index in [4.69, 9.17) is 40.3 Å². The van der Waals surface area contributed by atoms with Gasteiger partial charge in [-0.15, -0.1) is 0 Å². The summed E-state index contributed by atoms with van der Waals surface area (Å²) in [6.07, 6.45) is 5.33. The summed E-state index contributed by atoms with van der Waals surface area (Å²) in [7, 11) is 0. The third-order valence-electron chi connectivity index (χ3n) is 14.7. The zero-order valence-corrected chi connectivity index (χ0v) is 46.9. The molecule has 2 aliphatic rings. The number of nitrogens with zero attached hydrogens (tertiary/aromatic N) is 6. The standard InChI is InChI=1S/C55H80N14O11S/c1-36(70)44(17-18-51(75)76)63-54(80)64-45(53(78)79)8-4-5-21-69(31-46-43-7-3-2-6-39(43)19-20-60-46)52(77)40-13-9-38(10-14-40)29-61-55(81)62-41-15-11-37(12-16-41)28-42-30-67(34-49(58)73)25-24-65(32-47(56)71)22-23-66(33-48(57)72)26-27-68(42)35-50(59)74/h2-3,6-7,11-12,15-16,19-20,38,40,42,44-45H,4-5,8-10,13-14,17-18,21-35H2,1H3,(H2,56,71)(H2,57,72)(H2,58,73)(H2,59,74)(H,75,76)(H,78,79)(H2,61,62,81)(H2,63,64,80)/t38?,40?,42?,44-,45-/m1/s1. The van der Waals surface area contributed by atoms with Crippen LogP contribution in [0.5, 0.6) is 0 Å². The van der Waals surface area contributed by atoms with Crippen molar-refractivity contribution in [2.24, 2.45) is 34.8 Å². The summed E-state index contributed by atoms with van der Waals surface area (Å²) >= 11 is 5.72. The van der Waals surface area contributed by atoms with Crippen LogP contribution < -0.4 is 44.2 Å². The number of hydrogen-bond acceptors (Lipinski definition) is 15. The molecule has 2 heterocycles. The van der Waals surface area contributed by atoms with Crippen LogP contribution in [0.15, 0.2) is 60.8 Å². The fourth-order valence-electron chi connectivity index (χ4n) is 10.4. The predicted molar refractivity (Wildman–Crippen MR) is 307 cm³/mol. The van der Waals surface area contributed by atoms with Crippen LogP contribution in [0.3, 0.4) is 0 Å². The number of fused-ring (bicyclic) bond motifs is 1. The van der Waals surface area contributed by atoms with Crippen LogP contribution in [-0.2, 0) is 51.3 Å². The maximum Gasteiger partial charge on any atom is 0.326 e. The van der Waals surface area contributed by atoms with Crippen LogP contribution in [0.2, 0.25) is 0 Å². The van der Waals surface area contributed by atoms with Gasteiger partial charge in [0, 0.05) is 94.6 Å². The number of urea groups is 1. The van der Waals surface area contributed by atoms with Crippen molar-refractivity contribution in [2.45, 2.75) is 95.8 Å². The number of unbranched alkanes of at least 4 members (excludes halogenated alkanes) is 1. The van der Waals surface area contributed by atoms with Crippen molar-refractivity contribution < 1.29 is 53.4 Å². The molecule has 0 spiro atoms. The number of aromatic nitrogens is 1. The second-order valence-electron chi connectivity index (χ2n) is 21.1. The minimum atomic E-state index is -1.30. The number of benzene rings is 2. The Kier molecular flexibility index (Phi) is 26.1. The van der Waals surface area contributed by atoms with E-state index in [-0.39, 0.29) is 75.8 Å². The van der Waals surface area contributed by atoms with Crippen molar-refractivity contribution in [1.29, 1.82) is 0 Å². The monoisotopic (exact) mass is 1140 g/mol. The molecule has 3 aromatic rings. The molecule has 1 aliphatic carbocycles. The summed E-state index contributed by atoms with van der Waals surface area (Å²) < 4.78 is 0. The van der Waals surface area contributed by atoms with E-state index in [1.165, 1.54) is 6.92 Å². The van der Waals surface area contributed by atoms with Crippen LogP contribution in [-0.4, -0.2) is 201 Å². The lowest BCUT2D eigenvalue weighted by atomic mass is 9.81. The second kappa shape index (κ2) is 32.8. The molecule has 3 atom stereocenters. The first-order chi connectivity index (χ1) is 38.6. The first-order valence-electron chi connectivity index (χ1n) is 27.4. The van der Waals surface area contributed by atoms with Crippen LogP contribution in [0, 0.1) is 11.8 Å². The average Bonchev–Trinajstić information content (AvgIpc) is 3.43. The Morgan fingerprint density at radius 2 is 1.31 bits per heavy atom. The largest absolute Gasteiger partial charge is 0.481 e. The number of carboxylic acids is 2. The molecule has 14 N–H and O–H groups in total. The Balaban J connectivity index is 1.17. The van der Waals surface area contributed by atoms with Crippen molar-refractivity contribution >= 4 is 87.1 Å². The molecule has 81 heavy (non-hydrogen) atoms. The summed E-state index contributed by atoms with van der Waals surface area (Å²) in [6, 6.07) is 13.8. The Morgan fingerprint density at radius 1 is 0.716 bits per heavy atom. The van der Waals surface area contributed by atoms with E-state index in [9.17, 15) is 48.3 Å². The lowest BCUT2D eigenvalue weighted by Gasteiger charge is -2.38. The summed E-state index contributed by atoms with van der Waals surface area (Å²) in [5, 5.41) is 32.6. The van der Waals surface area contributed by atoms with E-state index >= 15 is 0 Å². The number of carbonyl (C=O) groups excluding carboxylic acids is 7. The van der Waals surface area contributed by atoms with Crippen LogP contribution >= 0.6 is 12.2 Å². The zero-order chi connectivity index (χ0) is 59.0. The SMILES string of the molecule is CC(=O)[C@@H](CCC(=O)O)NC(=O)N[C@H](CCCCN(Cc1nccc2ccccc12)C(=O)C1CCC(CNC(=S)Nc2ccc(CC3CN(CC(N)=O)CCN(CC(N)=O)CCN(CC(N)=O)CCN3CC(N)=O)cc2)CC1)C(=O)O. The topological polar surface area (TPSA) is 375 Å². The molecule has 25 nitrogen and oxygen atoms in total. The van der Waals surface area contributed by atoms with E-state index in [2.05, 4.69) is 26.3 Å². The van der Waals surface area contributed by atoms with Gasteiger partial charge in [0.25, 0.3) is 0 Å². The third kappa shape index (κ3) is 22.9. The molecule has 0 radical (unpaired) electrons. The van der Waals surface area contributed by atoms with Gasteiger partial charge in [-0.05, 0) is 112 Å². The summed E-state index contributed by atoms with van der Waals surface area (Å²) in [4.78, 5) is 125. The van der Waals surface area contributed by atoms with Crippen LogP contribution in [0.25, 0.3) is 10.8 Å². The van der Waals surface area contributed by atoms with E-state index in [1.54, 1.807) is 11.1 Å². The second-order valence-corrected chi connectivity index (χ2v) is 21.5. The number of carboxylic acid groups (broad SMARTS) is 2. The summed E-state index contributed by atoms with van der Waals surface area (Å²) in [5.74, 6) is -5.02. The summed E-state index contributed by atoms with van der Waals surface area (Å²) in [6.45, 7) is 4.74. The lowest BCUT2D eigenvalue weighted by Crippen LogP contribution is -2.54. The molecule has 1 aliphatic heterocycles. The van der Waals surface area contributed by atoms with Gasteiger partial charge in [-0.2, -0.15) is 0 Å². The number of anilines is 1. The van der Waals surface area contributed by atoms with Crippen molar-refractivity contribution in [1.82, 2.24) is 45.4 Å². The summed E-state index contributed by atoms with van der Waals surface area (Å²) in [5.41, 5.74) is 25.0. The maximum absolute atomic E-state index is 14.4. The van der Waals surface area contributed by atoms with Gasteiger partial charge in [0.1, 0.15) is 6.04 Å². The highest BCUT2D eigenvalue weighted by molar-refractivity contribution is 7.80. The predicted octanol–water partition coefficient (Wildman–Crippen LogP) is 0.175. The Hall–Kier alpha value is -7.39. The number of pyridine rings is 1. The number of ketones is 1. The fourth-order valence-corrected chi connectivity index (χ4v) is 10.6. The molecule has 442 valence electrons. The number of carbonyl (C=O) groups is 9. The minimum absolute atomic E-state index is 0.0177.